The number of alkyl halides is 3. The lowest BCUT2D eigenvalue weighted by molar-refractivity contribution is -0.0327. The van der Waals surface area contributed by atoms with Crippen LogP contribution >= 0.6 is 11.8 Å². The molecule has 0 fully saturated rings. The fraction of sp³-hybridized carbons (Fsp3) is 0.400. The van der Waals surface area contributed by atoms with E-state index in [1.165, 1.54) is 7.11 Å². The summed E-state index contributed by atoms with van der Waals surface area (Å²) in [6.45, 7) is 0.195. The van der Waals surface area contributed by atoms with Gasteiger partial charge in [-0.25, -0.2) is 0 Å². The number of nitrogens with one attached hydrogen (secondary N) is 1. The number of methoxy groups -OCH3 is 1. The summed E-state index contributed by atoms with van der Waals surface area (Å²) in [4.78, 5) is 0. The first kappa shape index (κ1) is 13.8. The van der Waals surface area contributed by atoms with Crippen LogP contribution in [0.3, 0.4) is 0 Å². The monoisotopic (exact) mass is 266 g/mol. The Morgan fingerprint density at radius 3 is 2.65 bits per heavy atom. The van der Waals surface area contributed by atoms with Crippen molar-refractivity contribution in [2.75, 3.05) is 30.5 Å². The van der Waals surface area contributed by atoms with Gasteiger partial charge in [-0.05, 0) is 23.9 Å². The molecular weight excluding hydrogens is 253 g/mol. The molecule has 0 aromatic heterocycles. The van der Waals surface area contributed by atoms with Gasteiger partial charge in [-0.3, -0.25) is 0 Å². The Labute approximate surface area is 102 Å². The number of anilines is 2. The second-order valence-electron chi connectivity index (χ2n) is 3.17. The molecule has 96 valence electrons. The third kappa shape index (κ3) is 5.08. The predicted octanol–water partition coefficient (Wildman–Crippen LogP) is 2.94. The molecule has 3 N–H and O–H groups in total. The van der Waals surface area contributed by atoms with Crippen LogP contribution < -0.4 is 15.8 Å². The minimum absolute atomic E-state index is 0.0605. The van der Waals surface area contributed by atoms with Crippen molar-refractivity contribution in [3.63, 3.8) is 0 Å². The first-order valence-electron chi connectivity index (χ1n) is 4.80. The van der Waals surface area contributed by atoms with Gasteiger partial charge in [-0.2, -0.15) is 13.2 Å². The van der Waals surface area contributed by atoms with Crippen LogP contribution in [0.2, 0.25) is 0 Å². The highest BCUT2D eigenvalue weighted by atomic mass is 32.2. The van der Waals surface area contributed by atoms with Crippen LogP contribution in [0.25, 0.3) is 0 Å². The first-order chi connectivity index (χ1) is 7.92. The fourth-order valence-corrected chi connectivity index (χ4v) is 1.62. The zero-order valence-corrected chi connectivity index (χ0v) is 9.99. The van der Waals surface area contributed by atoms with Gasteiger partial charge in [0.05, 0.1) is 18.5 Å². The number of hydrogen-bond acceptors (Lipinski definition) is 4. The molecule has 0 saturated heterocycles. The Kier molecular flexibility index (Phi) is 4.80. The van der Waals surface area contributed by atoms with Gasteiger partial charge in [0.2, 0.25) is 0 Å². The van der Waals surface area contributed by atoms with Crippen LogP contribution in [0.15, 0.2) is 18.2 Å². The number of nitrogens with two attached hydrogens (primary N) is 1. The third-order valence-electron chi connectivity index (χ3n) is 1.94. The van der Waals surface area contributed by atoms with Gasteiger partial charge >= 0.3 is 5.51 Å². The van der Waals surface area contributed by atoms with Crippen LogP contribution in [0.1, 0.15) is 0 Å². The van der Waals surface area contributed by atoms with Crippen LogP contribution in [-0.4, -0.2) is 24.9 Å². The number of ether oxygens (including phenoxy) is 1. The standard InChI is InChI=1S/C10H13F3N2OS/c1-16-7-2-3-9(8(14)6-7)15-4-5-17-10(11,12)13/h2-3,6,15H,4-5,14H2,1H3. The van der Waals surface area contributed by atoms with E-state index in [1.807, 2.05) is 0 Å². The zero-order chi connectivity index (χ0) is 12.9. The lowest BCUT2D eigenvalue weighted by Crippen LogP contribution is -2.10. The summed E-state index contributed by atoms with van der Waals surface area (Å²) in [7, 11) is 1.52. The van der Waals surface area contributed by atoms with E-state index in [1.54, 1.807) is 18.2 Å². The van der Waals surface area contributed by atoms with Crippen molar-refractivity contribution < 1.29 is 17.9 Å². The fourth-order valence-electron chi connectivity index (χ4n) is 1.18. The van der Waals surface area contributed by atoms with Crippen molar-refractivity contribution in [2.24, 2.45) is 0 Å². The van der Waals surface area contributed by atoms with E-state index in [0.717, 1.165) is 0 Å². The SMILES string of the molecule is COc1ccc(NCCSC(F)(F)F)c(N)c1. The minimum Gasteiger partial charge on any atom is -0.497 e. The molecule has 1 rings (SSSR count). The normalized spacial score (nSPS) is 11.3. The van der Waals surface area contributed by atoms with Crippen LogP contribution in [-0.2, 0) is 0 Å². The predicted molar refractivity (Wildman–Crippen MR) is 64.4 cm³/mol. The Bertz CT molecular complexity index is 371. The molecule has 3 nitrogen and oxygen atoms in total. The van der Waals surface area contributed by atoms with Gasteiger partial charge in [0.15, 0.2) is 0 Å². The molecule has 0 aliphatic rings. The lowest BCUT2D eigenvalue weighted by Gasteiger charge is -2.11. The summed E-state index contributed by atoms with van der Waals surface area (Å²) >= 11 is -0.0617. The van der Waals surface area contributed by atoms with Crippen molar-refractivity contribution in [2.45, 2.75) is 5.51 Å². The smallest absolute Gasteiger partial charge is 0.441 e. The average Bonchev–Trinajstić information content (AvgIpc) is 2.24. The molecule has 0 spiro atoms. The molecule has 0 aliphatic heterocycles. The molecule has 17 heavy (non-hydrogen) atoms. The molecule has 0 amide bonds. The van der Waals surface area contributed by atoms with Gasteiger partial charge < -0.3 is 15.8 Å². The van der Waals surface area contributed by atoms with Crippen molar-refractivity contribution >= 4 is 23.1 Å². The molecule has 0 atom stereocenters. The topological polar surface area (TPSA) is 47.3 Å². The quantitative estimate of drug-likeness (QED) is 0.635. The molecule has 0 unspecified atom stereocenters. The van der Waals surface area contributed by atoms with E-state index in [4.69, 9.17) is 10.5 Å². The summed E-state index contributed by atoms with van der Waals surface area (Å²) in [5.41, 5.74) is 2.56. The van der Waals surface area contributed by atoms with Crippen molar-refractivity contribution in [3.05, 3.63) is 18.2 Å². The molecular formula is C10H13F3N2OS. The lowest BCUT2D eigenvalue weighted by atomic mass is 10.2. The van der Waals surface area contributed by atoms with Gasteiger partial charge in [-0.15, -0.1) is 0 Å². The van der Waals surface area contributed by atoms with Gasteiger partial charge in [0.25, 0.3) is 0 Å². The number of halogens is 3. The van der Waals surface area contributed by atoms with E-state index in [2.05, 4.69) is 5.32 Å². The molecule has 0 aliphatic carbocycles. The average molecular weight is 266 g/mol. The van der Waals surface area contributed by atoms with Gasteiger partial charge in [0, 0.05) is 18.4 Å². The van der Waals surface area contributed by atoms with E-state index >= 15 is 0 Å². The molecule has 0 bridgehead atoms. The largest absolute Gasteiger partial charge is 0.497 e. The Morgan fingerprint density at radius 1 is 1.41 bits per heavy atom. The molecule has 0 saturated carbocycles. The van der Waals surface area contributed by atoms with Crippen LogP contribution in [0.4, 0.5) is 24.5 Å². The maximum Gasteiger partial charge on any atom is 0.441 e. The van der Waals surface area contributed by atoms with Crippen molar-refractivity contribution in [1.29, 1.82) is 0 Å². The van der Waals surface area contributed by atoms with E-state index in [0.29, 0.717) is 17.1 Å². The number of nitrogen functional groups attached to an aromatic ring is 1. The summed E-state index contributed by atoms with van der Waals surface area (Å²) in [5, 5.41) is 2.84. The third-order valence-corrected chi connectivity index (χ3v) is 2.68. The van der Waals surface area contributed by atoms with Gasteiger partial charge in [-0.1, -0.05) is 0 Å². The van der Waals surface area contributed by atoms with Crippen LogP contribution in [0.5, 0.6) is 5.75 Å². The van der Waals surface area contributed by atoms with Crippen molar-refractivity contribution in [1.82, 2.24) is 0 Å². The maximum atomic E-state index is 11.9. The summed E-state index contributed by atoms with van der Waals surface area (Å²) in [5.74, 6) is 0.548. The molecule has 0 heterocycles. The van der Waals surface area contributed by atoms with Gasteiger partial charge in [0.1, 0.15) is 5.75 Å². The molecule has 1 aromatic carbocycles. The number of thioether (sulfide) groups is 1. The maximum absolute atomic E-state index is 11.9. The number of hydrogen-bond donors (Lipinski definition) is 2. The summed E-state index contributed by atoms with van der Waals surface area (Å²) in [6, 6.07) is 4.97. The van der Waals surface area contributed by atoms with E-state index < -0.39 is 5.51 Å². The molecule has 7 heteroatoms. The highest BCUT2D eigenvalue weighted by molar-refractivity contribution is 8.00. The minimum atomic E-state index is -4.19. The first-order valence-corrected chi connectivity index (χ1v) is 5.79. The van der Waals surface area contributed by atoms with E-state index in [-0.39, 0.29) is 24.1 Å². The number of rotatable bonds is 5. The molecule has 0 radical (unpaired) electrons. The van der Waals surface area contributed by atoms with E-state index in [9.17, 15) is 13.2 Å². The highest BCUT2D eigenvalue weighted by Crippen LogP contribution is 2.30. The second kappa shape index (κ2) is 5.90. The highest BCUT2D eigenvalue weighted by Gasteiger charge is 2.27. The van der Waals surface area contributed by atoms with Crippen molar-refractivity contribution in [3.8, 4) is 5.75 Å². The Hall–Kier alpha value is -1.24. The Morgan fingerprint density at radius 2 is 2.12 bits per heavy atom. The Balaban J connectivity index is 2.42. The summed E-state index contributed by atoms with van der Waals surface area (Å²) in [6.07, 6.45) is 0. The van der Waals surface area contributed by atoms with Crippen LogP contribution in [0, 0.1) is 0 Å². The zero-order valence-electron chi connectivity index (χ0n) is 9.17. The second-order valence-corrected chi connectivity index (χ2v) is 4.33. The molecule has 1 aromatic rings. The summed E-state index contributed by atoms with van der Waals surface area (Å²) < 4.78 is 40.5. The number of benzene rings is 1.